The zero-order chi connectivity index (χ0) is 12.1. The molecular formula is C14H23N3. The van der Waals surface area contributed by atoms with Crippen molar-refractivity contribution >= 4 is 0 Å². The lowest BCUT2D eigenvalue weighted by molar-refractivity contribution is 0.328. The molecule has 1 aliphatic rings. The highest BCUT2D eigenvalue weighted by molar-refractivity contribution is 5.01. The van der Waals surface area contributed by atoms with Gasteiger partial charge in [0.2, 0.25) is 0 Å². The van der Waals surface area contributed by atoms with Gasteiger partial charge in [-0.3, -0.25) is 4.68 Å². The molecule has 17 heavy (non-hydrogen) atoms. The van der Waals surface area contributed by atoms with Gasteiger partial charge >= 0.3 is 0 Å². The van der Waals surface area contributed by atoms with Gasteiger partial charge in [0.1, 0.15) is 0 Å². The molecule has 0 aliphatic heterocycles. The average molecular weight is 233 g/mol. The van der Waals surface area contributed by atoms with Gasteiger partial charge in [0.15, 0.2) is 0 Å². The first-order valence-electron chi connectivity index (χ1n) is 6.65. The number of hydrogen-bond donors (Lipinski definition) is 1. The summed E-state index contributed by atoms with van der Waals surface area (Å²) >= 11 is 0. The minimum Gasteiger partial charge on any atom is -0.307 e. The third-order valence-electron chi connectivity index (χ3n) is 3.35. The predicted molar refractivity (Wildman–Crippen MR) is 70.9 cm³/mol. The summed E-state index contributed by atoms with van der Waals surface area (Å²) in [5.74, 6) is 0. The van der Waals surface area contributed by atoms with Crippen LogP contribution in [0.1, 0.15) is 50.8 Å². The molecule has 0 saturated heterocycles. The molecule has 3 nitrogen and oxygen atoms in total. The molecule has 1 saturated carbocycles. The van der Waals surface area contributed by atoms with E-state index >= 15 is 0 Å². The van der Waals surface area contributed by atoms with Crippen molar-refractivity contribution in [3.63, 3.8) is 0 Å². The van der Waals surface area contributed by atoms with Gasteiger partial charge in [0, 0.05) is 19.3 Å². The van der Waals surface area contributed by atoms with Crippen molar-refractivity contribution in [3.8, 4) is 0 Å². The van der Waals surface area contributed by atoms with Gasteiger partial charge in [0.05, 0.1) is 11.7 Å². The van der Waals surface area contributed by atoms with E-state index in [1.165, 1.54) is 32.1 Å². The molecule has 1 aliphatic carbocycles. The van der Waals surface area contributed by atoms with Crippen LogP contribution < -0.4 is 5.32 Å². The summed E-state index contributed by atoms with van der Waals surface area (Å²) in [6, 6.07) is 2.76. The van der Waals surface area contributed by atoms with Crippen LogP contribution >= 0.6 is 0 Å². The van der Waals surface area contributed by atoms with Crippen LogP contribution in [0.3, 0.4) is 0 Å². The Bertz CT molecular complexity index is 361. The van der Waals surface area contributed by atoms with Crippen LogP contribution in [-0.2, 0) is 6.54 Å². The Kier molecular flexibility index (Phi) is 4.37. The molecule has 1 aromatic heterocycles. The van der Waals surface area contributed by atoms with E-state index in [0.717, 1.165) is 24.4 Å². The summed E-state index contributed by atoms with van der Waals surface area (Å²) < 4.78 is 2.16. The molecule has 0 spiro atoms. The molecule has 1 heterocycles. The molecule has 0 bridgehead atoms. The van der Waals surface area contributed by atoms with Gasteiger partial charge in [-0.05, 0) is 25.8 Å². The Labute approximate surface area is 104 Å². The van der Waals surface area contributed by atoms with Crippen LogP contribution in [-0.4, -0.2) is 16.3 Å². The Morgan fingerprint density at radius 3 is 2.94 bits per heavy atom. The summed E-state index contributed by atoms with van der Waals surface area (Å²) in [6.45, 7) is 7.62. The zero-order valence-corrected chi connectivity index (χ0v) is 10.8. The molecule has 0 atom stereocenters. The summed E-state index contributed by atoms with van der Waals surface area (Å²) in [7, 11) is 0. The van der Waals surface area contributed by atoms with E-state index in [2.05, 4.69) is 33.9 Å². The van der Waals surface area contributed by atoms with Crippen molar-refractivity contribution in [2.75, 3.05) is 6.54 Å². The third kappa shape index (κ3) is 3.70. The number of aromatic nitrogens is 2. The quantitative estimate of drug-likeness (QED) is 0.792. The van der Waals surface area contributed by atoms with Crippen LogP contribution in [0.2, 0.25) is 0 Å². The first-order chi connectivity index (χ1) is 8.25. The Morgan fingerprint density at radius 2 is 2.24 bits per heavy atom. The van der Waals surface area contributed by atoms with E-state index in [4.69, 9.17) is 0 Å². The van der Waals surface area contributed by atoms with E-state index in [1.807, 2.05) is 6.92 Å². The molecule has 1 N–H and O–H groups in total. The normalized spacial score (nSPS) is 17.2. The fraction of sp³-hybridized carbons (Fsp3) is 0.643. The maximum absolute atomic E-state index is 4.66. The van der Waals surface area contributed by atoms with E-state index in [9.17, 15) is 0 Å². The van der Waals surface area contributed by atoms with Gasteiger partial charge in [-0.25, -0.2) is 0 Å². The second-order valence-corrected chi connectivity index (χ2v) is 5.14. The molecule has 94 valence electrons. The van der Waals surface area contributed by atoms with Crippen LogP contribution in [0.25, 0.3) is 0 Å². The van der Waals surface area contributed by atoms with Crippen LogP contribution in [0, 0.1) is 0 Å². The summed E-state index contributed by atoms with van der Waals surface area (Å²) in [4.78, 5) is 0. The lowest BCUT2D eigenvalue weighted by Gasteiger charge is -2.21. The van der Waals surface area contributed by atoms with Gasteiger partial charge in [-0.1, -0.05) is 31.4 Å². The summed E-state index contributed by atoms with van der Waals surface area (Å²) in [5.41, 5.74) is 2.30. The van der Waals surface area contributed by atoms with E-state index < -0.39 is 0 Å². The first-order valence-corrected chi connectivity index (χ1v) is 6.65. The van der Waals surface area contributed by atoms with Crippen molar-refractivity contribution in [1.29, 1.82) is 0 Å². The van der Waals surface area contributed by atoms with E-state index in [0.29, 0.717) is 6.04 Å². The predicted octanol–water partition coefficient (Wildman–Crippen LogP) is 3.05. The number of nitrogens with one attached hydrogen (secondary N) is 1. The van der Waals surface area contributed by atoms with Crippen LogP contribution in [0.4, 0.5) is 0 Å². The SMILES string of the molecule is C=C(C)CNCc1ccn(C2CCCCC2)n1. The minimum atomic E-state index is 0.638. The highest BCUT2D eigenvalue weighted by Crippen LogP contribution is 2.27. The largest absolute Gasteiger partial charge is 0.307 e. The number of nitrogens with zero attached hydrogens (tertiary/aromatic N) is 2. The highest BCUT2D eigenvalue weighted by atomic mass is 15.3. The Balaban J connectivity index is 1.84. The standard InChI is InChI=1S/C14H23N3/c1-12(2)10-15-11-13-8-9-17(16-13)14-6-4-3-5-7-14/h8-9,14-15H,1,3-7,10-11H2,2H3. The van der Waals surface area contributed by atoms with Crippen molar-refractivity contribution in [1.82, 2.24) is 15.1 Å². The fourth-order valence-corrected chi connectivity index (χ4v) is 2.42. The van der Waals surface area contributed by atoms with Crippen LogP contribution in [0.15, 0.2) is 24.4 Å². The summed E-state index contributed by atoms with van der Waals surface area (Å²) in [6.07, 6.45) is 8.82. The van der Waals surface area contributed by atoms with Crippen molar-refractivity contribution in [3.05, 3.63) is 30.1 Å². The lowest BCUT2D eigenvalue weighted by Crippen LogP contribution is -2.17. The third-order valence-corrected chi connectivity index (χ3v) is 3.35. The van der Waals surface area contributed by atoms with Crippen LogP contribution in [0.5, 0.6) is 0 Å². The number of rotatable bonds is 5. The van der Waals surface area contributed by atoms with Crippen molar-refractivity contribution in [2.45, 2.75) is 51.6 Å². The van der Waals surface area contributed by atoms with E-state index in [-0.39, 0.29) is 0 Å². The first kappa shape index (κ1) is 12.4. The van der Waals surface area contributed by atoms with Gasteiger partial charge in [-0.2, -0.15) is 5.10 Å². The topological polar surface area (TPSA) is 29.9 Å². The van der Waals surface area contributed by atoms with Crippen molar-refractivity contribution in [2.24, 2.45) is 0 Å². The summed E-state index contributed by atoms with van der Waals surface area (Å²) in [5, 5.41) is 8.00. The minimum absolute atomic E-state index is 0.638. The highest BCUT2D eigenvalue weighted by Gasteiger charge is 2.15. The maximum atomic E-state index is 4.66. The zero-order valence-electron chi connectivity index (χ0n) is 10.8. The molecule has 0 amide bonds. The lowest BCUT2D eigenvalue weighted by atomic mass is 9.96. The second-order valence-electron chi connectivity index (χ2n) is 5.14. The Hall–Kier alpha value is -1.09. The number of hydrogen-bond acceptors (Lipinski definition) is 2. The van der Waals surface area contributed by atoms with E-state index in [1.54, 1.807) is 0 Å². The molecule has 1 fully saturated rings. The van der Waals surface area contributed by atoms with Gasteiger partial charge in [-0.15, -0.1) is 0 Å². The average Bonchev–Trinajstić information content (AvgIpc) is 2.78. The van der Waals surface area contributed by atoms with Crippen molar-refractivity contribution < 1.29 is 0 Å². The molecule has 2 rings (SSSR count). The monoisotopic (exact) mass is 233 g/mol. The van der Waals surface area contributed by atoms with Gasteiger partial charge < -0.3 is 5.32 Å². The molecule has 0 aromatic carbocycles. The fourth-order valence-electron chi connectivity index (χ4n) is 2.42. The molecule has 1 aromatic rings. The maximum Gasteiger partial charge on any atom is 0.0762 e. The van der Waals surface area contributed by atoms with Gasteiger partial charge in [0.25, 0.3) is 0 Å². The molecule has 0 radical (unpaired) electrons. The molecular weight excluding hydrogens is 210 g/mol. The second kappa shape index (κ2) is 6.01. The molecule has 3 heteroatoms. The molecule has 0 unspecified atom stereocenters. The smallest absolute Gasteiger partial charge is 0.0762 e. The Morgan fingerprint density at radius 1 is 1.47 bits per heavy atom.